The van der Waals surface area contributed by atoms with Gasteiger partial charge in [-0.2, -0.15) is 0 Å². The van der Waals surface area contributed by atoms with Gasteiger partial charge in [0.25, 0.3) is 0 Å². The Balaban J connectivity index is 1.42. The first-order valence-corrected chi connectivity index (χ1v) is 13.0. The van der Waals surface area contributed by atoms with E-state index in [2.05, 4.69) is 83.2 Å². The van der Waals surface area contributed by atoms with Crippen LogP contribution in [0.1, 0.15) is 48.8 Å². The van der Waals surface area contributed by atoms with Gasteiger partial charge in [-0.3, -0.25) is 0 Å². The van der Waals surface area contributed by atoms with Crippen molar-refractivity contribution in [2.75, 3.05) is 13.6 Å². The van der Waals surface area contributed by atoms with Crippen LogP contribution in [0.15, 0.2) is 91.0 Å². The van der Waals surface area contributed by atoms with Crippen molar-refractivity contribution in [1.29, 1.82) is 0 Å². The fourth-order valence-electron chi connectivity index (χ4n) is 6.38. The van der Waals surface area contributed by atoms with Crippen molar-refractivity contribution in [3.05, 3.63) is 108 Å². The number of rotatable bonds is 8. The van der Waals surface area contributed by atoms with Crippen molar-refractivity contribution in [2.24, 2.45) is 5.92 Å². The molecule has 0 aromatic heterocycles. The number of benzene rings is 3. The fraction of sp³-hybridized carbons (Fsp3) is 0.387. The topological polar surface area (TPSA) is 44.4 Å². The summed E-state index contributed by atoms with van der Waals surface area (Å²) in [5.74, 6) is 0.840. The van der Waals surface area contributed by atoms with Gasteiger partial charge in [0.1, 0.15) is 0 Å². The van der Waals surface area contributed by atoms with Crippen molar-refractivity contribution < 1.29 is 4.79 Å². The standard InChI is InChI=1S/C31H37N3O/c1-34-28-18-17-25(19-28)20-29(34)21-31(26-13-7-3-8-14-26,27-15-9-4-10-16-27)23-33-30(35)32-22-24-11-5-2-6-12-24/h2-16,25,28-29H,17-23H2,1H3,(H2,32,33,35). The van der Waals surface area contributed by atoms with E-state index in [1.807, 2.05) is 30.3 Å². The third kappa shape index (κ3) is 5.28. The number of likely N-dealkylation sites (tertiary alicyclic amines) is 1. The summed E-state index contributed by atoms with van der Waals surface area (Å²) >= 11 is 0. The Kier molecular flexibility index (Phi) is 7.19. The van der Waals surface area contributed by atoms with Crippen LogP contribution in [-0.4, -0.2) is 36.6 Å². The van der Waals surface area contributed by atoms with Crippen LogP contribution in [0.2, 0.25) is 0 Å². The normalized spacial score (nSPS) is 22.0. The Bertz CT molecular complexity index is 1050. The molecule has 2 N–H and O–H groups in total. The van der Waals surface area contributed by atoms with Crippen LogP contribution in [0, 0.1) is 5.92 Å². The minimum atomic E-state index is -0.303. The minimum absolute atomic E-state index is 0.123. The van der Waals surface area contributed by atoms with Gasteiger partial charge >= 0.3 is 6.03 Å². The molecule has 4 nitrogen and oxygen atoms in total. The highest BCUT2D eigenvalue weighted by molar-refractivity contribution is 5.74. The summed E-state index contributed by atoms with van der Waals surface area (Å²) in [6, 6.07) is 32.7. The molecule has 2 bridgehead atoms. The summed E-state index contributed by atoms with van der Waals surface area (Å²) in [6.45, 7) is 1.08. The lowest BCUT2D eigenvalue weighted by molar-refractivity contribution is 0.0976. The second-order valence-corrected chi connectivity index (χ2v) is 10.4. The van der Waals surface area contributed by atoms with Crippen LogP contribution >= 0.6 is 0 Å². The zero-order valence-corrected chi connectivity index (χ0v) is 20.7. The molecule has 3 unspecified atom stereocenters. The number of hydrogen-bond donors (Lipinski definition) is 2. The van der Waals surface area contributed by atoms with E-state index in [1.165, 1.54) is 36.8 Å². The molecule has 2 aliphatic rings. The molecule has 2 amide bonds. The number of carbonyl (C=O) groups excluding carboxylic acids is 1. The number of carbonyl (C=O) groups is 1. The number of nitrogens with one attached hydrogen (secondary N) is 2. The maximum absolute atomic E-state index is 13.0. The molecule has 4 heteroatoms. The van der Waals surface area contributed by atoms with E-state index in [0.717, 1.165) is 17.9 Å². The van der Waals surface area contributed by atoms with E-state index in [4.69, 9.17) is 0 Å². The molecule has 182 valence electrons. The molecule has 3 atom stereocenters. The van der Waals surface area contributed by atoms with Crippen LogP contribution in [0.25, 0.3) is 0 Å². The van der Waals surface area contributed by atoms with E-state index in [-0.39, 0.29) is 11.4 Å². The smallest absolute Gasteiger partial charge is 0.315 e. The zero-order valence-electron chi connectivity index (χ0n) is 20.7. The summed E-state index contributed by atoms with van der Waals surface area (Å²) < 4.78 is 0. The van der Waals surface area contributed by atoms with Gasteiger partial charge in [-0.25, -0.2) is 4.79 Å². The lowest BCUT2D eigenvalue weighted by Gasteiger charge is -2.45. The minimum Gasteiger partial charge on any atom is -0.337 e. The molecule has 35 heavy (non-hydrogen) atoms. The molecule has 1 saturated heterocycles. The largest absolute Gasteiger partial charge is 0.337 e. The molecule has 0 spiro atoms. The second-order valence-electron chi connectivity index (χ2n) is 10.4. The lowest BCUT2D eigenvalue weighted by Crippen LogP contribution is -2.51. The predicted molar refractivity (Wildman–Crippen MR) is 142 cm³/mol. The predicted octanol–water partition coefficient (Wildman–Crippen LogP) is 5.74. The summed E-state index contributed by atoms with van der Waals surface area (Å²) in [5.41, 5.74) is 3.32. The Hall–Kier alpha value is -3.11. The zero-order chi connectivity index (χ0) is 24.1. The van der Waals surface area contributed by atoms with Crippen molar-refractivity contribution >= 4 is 6.03 Å². The quantitative estimate of drug-likeness (QED) is 0.444. The number of nitrogens with zero attached hydrogens (tertiary/aromatic N) is 1. The van der Waals surface area contributed by atoms with Crippen LogP contribution in [0.4, 0.5) is 4.79 Å². The maximum atomic E-state index is 13.0. The van der Waals surface area contributed by atoms with E-state index in [1.54, 1.807) is 0 Å². The highest BCUT2D eigenvalue weighted by Crippen LogP contribution is 2.45. The Morgan fingerprint density at radius 3 is 2.06 bits per heavy atom. The first-order chi connectivity index (χ1) is 17.1. The average Bonchev–Trinajstić information content (AvgIpc) is 3.33. The molecular weight excluding hydrogens is 430 g/mol. The maximum Gasteiger partial charge on any atom is 0.315 e. The molecule has 1 heterocycles. The summed E-state index contributed by atoms with van der Waals surface area (Å²) in [4.78, 5) is 15.6. The number of piperidine rings is 1. The van der Waals surface area contributed by atoms with E-state index < -0.39 is 0 Å². The summed E-state index contributed by atoms with van der Waals surface area (Å²) in [5, 5.41) is 6.32. The molecule has 3 aromatic rings. The Morgan fingerprint density at radius 2 is 1.43 bits per heavy atom. The van der Waals surface area contributed by atoms with Crippen LogP contribution in [-0.2, 0) is 12.0 Å². The van der Waals surface area contributed by atoms with Crippen LogP contribution < -0.4 is 10.6 Å². The molecule has 1 saturated carbocycles. The number of amides is 2. The molecule has 2 fully saturated rings. The van der Waals surface area contributed by atoms with Crippen LogP contribution in [0.5, 0.6) is 0 Å². The van der Waals surface area contributed by atoms with Gasteiger partial charge in [-0.05, 0) is 61.8 Å². The lowest BCUT2D eigenvalue weighted by atomic mass is 9.68. The van der Waals surface area contributed by atoms with Gasteiger partial charge in [-0.1, -0.05) is 91.0 Å². The first-order valence-electron chi connectivity index (χ1n) is 13.0. The van der Waals surface area contributed by atoms with Gasteiger partial charge in [0.15, 0.2) is 0 Å². The van der Waals surface area contributed by atoms with Crippen LogP contribution in [0.3, 0.4) is 0 Å². The monoisotopic (exact) mass is 467 g/mol. The van der Waals surface area contributed by atoms with Gasteiger partial charge < -0.3 is 15.5 Å². The third-order valence-electron chi connectivity index (χ3n) is 8.35. The average molecular weight is 468 g/mol. The molecule has 1 aliphatic carbocycles. The summed E-state index contributed by atoms with van der Waals surface area (Å²) in [6.07, 6.45) is 6.26. The highest BCUT2D eigenvalue weighted by Gasteiger charge is 2.44. The molecule has 3 aromatic carbocycles. The summed E-state index contributed by atoms with van der Waals surface area (Å²) in [7, 11) is 2.32. The Morgan fingerprint density at radius 1 is 0.829 bits per heavy atom. The van der Waals surface area contributed by atoms with E-state index in [0.29, 0.717) is 25.2 Å². The number of urea groups is 1. The van der Waals surface area contributed by atoms with Crippen molar-refractivity contribution in [3.63, 3.8) is 0 Å². The SMILES string of the molecule is CN1C2CCC(C2)CC1CC(CNC(=O)NCc1ccccc1)(c1ccccc1)c1ccccc1. The molecule has 1 aliphatic heterocycles. The molecule has 5 rings (SSSR count). The number of hydrogen-bond acceptors (Lipinski definition) is 2. The van der Waals surface area contributed by atoms with Gasteiger partial charge in [0, 0.05) is 30.6 Å². The van der Waals surface area contributed by atoms with Gasteiger partial charge in [0.2, 0.25) is 0 Å². The fourth-order valence-corrected chi connectivity index (χ4v) is 6.38. The molecule has 0 radical (unpaired) electrons. The third-order valence-corrected chi connectivity index (χ3v) is 8.35. The van der Waals surface area contributed by atoms with E-state index in [9.17, 15) is 4.79 Å². The van der Waals surface area contributed by atoms with Crippen molar-refractivity contribution in [3.8, 4) is 0 Å². The van der Waals surface area contributed by atoms with Crippen molar-refractivity contribution in [1.82, 2.24) is 15.5 Å². The van der Waals surface area contributed by atoms with E-state index >= 15 is 0 Å². The Labute approximate surface area is 209 Å². The second kappa shape index (κ2) is 10.7. The highest BCUT2D eigenvalue weighted by atomic mass is 16.2. The molecular formula is C31H37N3O. The first kappa shape index (κ1) is 23.6. The van der Waals surface area contributed by atoms with Gasteiger partial charge in [0.05, 0.1) is 0 Å². The van der Waals surface area contributed by atoms with Gasteiger partial charge in [-0.15, -0.1) is 0 Å². The number of fused-ring (bicyclic) bond motifs is 2. The van der Waals surface area contributed by atoms with Crippen molar-refractivity contribution in [2.45, 2.75) is 56.1 Å².